The standard InChI is InChI=1S/C27H24N6O5/c1-16-23(26(34)29-18-9-5-4-6-10-18)24(21-15-20(37-2)12-13-22(21)38-3)32-27(28-16)30-25(31-32)17-8-7-11-19(14-17)33(35)36/h4-15,24H,1-3H3,(H,29,34)(H,28,30,31). The van der Waals surface area contributed by atoms with Gasteiger partial charge in [0.25, 0.3) is 11.6 Å². The number of methoxy groups -OCH3 is 2. The first-order valence-corrected chi connectivity index (χ1v) is 11.7. The summed E-state index contributed by atoms with van der Waals surface area (Å²) in [6.45, 7) is 1.78. The van der Waals surface area contributed by atoms with E-state index in [0.29, 0.717) is 45.5 Å². The molecule has 192 valence electrons. The van der Waals surface area contributed by atoms with Crippen molar-refractivity contribution in [1.29, 1.82) is 0 Å². The number of benzene rings is 3. The molecule has 11 nitrogen and oxygen atoms in total. The molecule has 1 amide bonds. The molecule has 0 radical (unpaired) electrons. The highest BCUT2D eigenvalue weighted by Gasteiger charge is 2.36. The predicted octanol–water partition coefficient (Wildman–Crippen LogP) is 4.80. The lowest BCUT2D eigenvalue weighted by molar-refractivity contribution is -0.384. The van der Waals surface area contributed by atoms with Gasteiger partial charge in [0.15, 0.2) is 5.82 Å². The maximum absolute atomic E-state index is 13.7. The number of non-ortho nitro benzene ring substituents is 1. The minimum Gasteiger partial charge on any atom is -0.497 e. The summed E-state index contributed by atoms with van der Waals surface area (Å²) in [5, 5.41) is 22.1. The van der Waals surface area contributed by atoms with Crippen LogP contribution < -0.4 is 20.1 Å². The van der Waals surface area contributed by atoms with Gasteiger partial charge < -0.3 is 20.1 Å². The summed E-state index contributed by atoms with van der Waals surface area (Å²) < 4.78 is 12.7. The Bertz CT molecular complexity index is 1560. The number of fused-ring (bicyclic) bond motifs is 1. The summed E-state index contributed by atoms with van der Waals surface area (Å²) in [4.78, 5) is 29.2. The van der Waals surface area contributed by atoms with Crippen LogP contribution in [0.4, 0.5) is 17.3 Å². The van der Waals surface area contributed by atoms with Crippen LogP contribution in [-0.4, -0.2) is 39.8 Å². The maximum atomic E-state index is 13.7. The number of nitro groups is 1. The summed E-state index contributed by atoms with van der Waals surface area (Å²) in [5.41, 5.74) is 2.61. The van der Waals surface area contributed by atoms with Crippen molar-refractivity contribution in [3.63, 3.8) is 0 Å². The fraction of sp³-hybridized carbons (Fsp3) is 0.148. The van der Waals surface area contributed by atoms with Gasteiger partial charge in [-0.3, -0.25) is 14.9 Å². The van der Waals surface area contributed by atoms with E-state index in [0.717, 1.165) is 0 Å². The molecule has 0 aliphatic carbocycles. The van der Waals surface area contributed by atoms with Crippen LogP contribution in [0.15, 0.2) is 84.1 Å². The van der Waals surface area contributed by atoms with Gasteiger partial charge in [-0.2, -0.15) is 4.98 Å². The van der Waals surface area contributed by atoms with Crippen molar-refractivity contribution in [3.05, 3.63) is 99.7 Å². The SMILES string of the molecule is COc1ccc(OC)c(C2C(C(=O)Nc3ccccc3)=C(C)Nc3nc(-c4cccc([N+](=O)[O-])c4)nn32)c1. The number of ether oxygens (including phenoxy) is 2. The molecule has 3 aromatic carbocycles. The van der Waals surface area contributed by atoms with E-state index in [1.807, 2.05) is 18.2 Å². The second-order valence-electron chi connectivity index (χ2n) is 8.51. The predicted molar refractivity (Wildman–Crippen MR) is 141 cm³/mol. The number of rotatable bonds is 7. The molecule has 1 aromatic heterocycles. The molecule has 0 fully saturated rings. The second kappa shape index (κ2) is 10.1. The molecule has 2 N–H and O–H groups in total. The first kappa shape index (κ1) is 24.5. The minimum atomic E-state index is -0.750. The number of hydrogen-bond acceptors (Lipinski definition) is 8. The third-order valence-corrected chi connectivity index (χ3v) is 6.18. The van der Waals surface area contributed by atoms with E-state index in [1.54, 1.807) is 68.3 Å². The molecular weight excluding hydrogens is 488 g/mol. The summed E-state index contributed by atoms with van der Waals surface area (Å²) in [7, 11) is 3.10. The second-order valence-corrected chi connectivity index (χ2v) is 8.51. The molecule has 0 saturated carbocycles. The number of allylic oxidation sites excluding steroid dienone is 1. The van der Waals surface area contributed by atoms with Gasteiger partial charge in [0.1, 0.15) is 17.5 Å². The lowest BCUT2D eigenvalue weighted by Gasteiger charge is -2.29. The third-order valence-electron chi connectivity index (χ3n) is 6.18. The molecule has 1 unspecified atom stereocenters. The van der Waals surface area contributed by atoms with Gasteiger partial charge in [-0.25, -0.2) is 4.68 Å². The highest BCUT2D eigenvalue weighted by molar-refractivity contribution is 6.06. The van der Waals surface area contributed by atoms with Gasteiger partial charge in [0, 0.05) is 34.6 Å². The van der Waals surface area contributed by atoms with Crippen molar-refractivity contribution < 1.29 is 19.2 Å². The van der Waals surface area contributed by atoms with Crippen LogP contribution in [0.1, 0.15) is 18.5 Å². The molecule has 5 rings (SSSR count). The van der Waals surface area contributed by atoms with Crippen LogP contribution in [0, 0.1) is 10.1 Å². The Kier molecular flexibility index (Phi) is 6.48. The number of aromatic nitrogens is 3. The fourth-order valence-corrected chi connectivity index (χ4v) is 4.39. The largest absolute Gasteiger partial charge is 0.497 e. The number of carbonyl (C=O) groups is 1. The smallest absolute Gasteiger partial charge is 0.270 e. The van der Waals surface area contributed by atoms with Gasteiger partial charge in [-0.05, 0) is 37.3 Å². The Balaban J connectivity index is 1.67. The van der Waals surface area contributed by atoms with Crippen LogP contribution in [0.3, 0.4) is 0 Å². The van der Waals surface area contributed by atoms with Crippen molar-refractivity contribution in [2.75, 3.05) is 24.9 Å². The third kappa shape index (κ3) is 4.52. The molecule has 1 aliphatic rings. The topological polar surface area (TPSA) is 133 Å². The average Bonchev–Trinajstić information content (AvgIpc) is 3.36. The van der Waals surface area contributed by atoms with Gasteiger partial charge in [0.2, 0.25) is 5.95 Å². The Labute approximate surface area is 217 Å². The first-order chi connectivity index (χ1) is 18.4. The van der Waals surface area contributed by atoms with Crippen molar-refractivity contribution in [2.24, 2.45) is 0 Å². The average molecular weight is 513 g/mol. The highest BCUT2D eigenvalue weighted by atomic mass is 16.6. The van der Waals surface area contributed by atoms with Crippen molar-refractivity contribution in [2.45, 2.75) is 13.0 Å². The van der Waals surface area contributed by atoms with Gasteiger partial charge >= 0.3 is 0 Å². The number of hydrogen-bond donors (Lipinski definition) is 2. The first-order valence-electron chi connectivity index (χ1n) is 11.7. The molecule has 2 heterocycles. The van der Waals surface area contributed by atoms with E-state index < -0.39 is 11.0 Å². The number of nitrogens with one attached hydrogen (secondary N) is 2. The molecule has 0 spiro atoms. The number of nitrogens with zero attached hydrogens (tertiary/aromatic N) is 4. The van der Waals surface area contributed by atoms with Gasteiger partial charge in [-0.15, -0.1) is 5.10 Å². The van der Waals surface area contributed by atoms with Crippen molar-refractivity contribution >= 4 is 23.2 Å². The van der Waals surface area contributed by atoms with Crippen LogP contribution in [-0.2, 0) is 4.79 Å². The van der Waals surface area contributed by atoms with Crippen molar-refractivity contribution in [3.8, 4) is 22.9 Å². The zero-order valence-electron chi connectivity index (χ0n) is 20.8. The normalized spacial score (nSPS) is 14.3. The quantitative estimate of drug-likeness (QED) is 0.267. The highest BCUT2D eigenvalue weighted by Crippen LogP contribution is 2.41. The Morgan fingerprint density at radius 3 is 2.55 bits per heavy atom. The van der Waals surface area contributed by atoms with Gasteiger partial charge in [-0.1, -0.05) is 30.3 Å². The van der Waals surface area contributed by atoms with Crippen molar-refractivity contribution in [1.82, 2.24) is 14.8 Å². The fourth-order valence-electron chi connectivity index (χ4n) is 4.39. The zero-order chi connectivity index (χ0) is 26.8. The van der Waals surface area contributed by atoms with E-state index >= 15 is 0 Å². The van der Waals surface area contributed by atoms with Crippen LogP contribution in [0.25, 0.3) is 11.4 Å². The van der Waals surface area contributed by atoms with E-state index in [2.05, 4.69) is 15.6 Å². The molecule has 1 aliphatic heterocycles. The minimum absolute atomic E-state index is 0.0773. The lowest BCUT2D eigenvalue weighted by Crippen LogP contribution is -2.31. The van der Waals surface area contributed by atoms with E-state index in [1.165, 1.54) is 12.1 Å². The van der Waals surface area contributed by atoms with E-state index in [9.17, 15) is 14.9 Å². The number of anilines is 2. The molecule has 0 bridgehead atoms. The Morgan fingerprint density at radius 2 is 1.84 bits per heavy atom. The monoisotopic (exact) mass is 512 g/mol. The van der Waals surface area contributed by atoms with E-state index in [-0.39, 0.29) is 17.4 Å². The van der Waals surface area contributed by atoms with Crippen LogP contribution >= 0.6 is 0 Å². The molecule has 1 atom stereocenters. The summed E-state index contributed by atoms with van der Waals surface area (Å²) in [6, 6.07) is 19.8. The molecule has 11 heteroatoms. The lowest BCUT2D eigenvalue weighted by atomic mass is 9.94. The van der Waals surface area contributed by atoms with E-state index in [4.69, 9.17) is 14.6 Å². The number of para-hydroxylation sites is 1. The summed E-state index contributed by atoms with van der Waals surface area (Å²) in [6.07, 6.45) is 0. The number of nitro benzene ring substituents is 1. The zero-order valence-corrected chi connectivity index (χ0v) is 20.8. The molecular formula is C27H24N6O5. The van der Waals surface area contributed by atoms with Crippen LogP contribution in [0.5, 0.6) is 11.5 Å². The maximum Gasteiger partial charge on any atom is 0.270 e. The Morgan fingerprint density at radius 1 is 1.05 bits per heavy atom. The molecule has 0 saturated heterocycles. The Hall–Kier alpha value is -5.19. The molecule has 4 aromatic rings. The number of amides is 1. The molecule has 38 heavy (non-hydrogen) atoms. The summed E-state index contributed by atoms with van der Waals surface area (Å²) >= 11 is 0. The van der Waals surface area contributed by atoms with Crippen LogP contribution in [0.2, 0.25) is 0 Å². The van der Waals surface area contributed by atoms with Gasteiger partial charge in [0.05, 0.1) is 24.7 Å². The number of carbonyl (C=O) groups excluding carboxylic acids is 1. The summed E-state index contributed by atoms with van der Waals surface area (Å²) in [5.74, 6) is 1.39.